The van der Waals surface area contributed by atoms with E-state index in [9.17, 15) is 18.0 Å². The number of anilines is 1. The van der Waals surface area contributed by atoms with Gasteiger partial charge < -0.3 is 9.80 Å². The molecule has 2 aromatic heterocycles. The molecule has 27 heavy (non-hydrogen) atoms. The molecule has 0 atom stereocenters. The molecule has 1 saturated heterocycles. The van der Waals surface area contributed by atoms with Crippen LogP contribution in [0, 0.1) is 0 Å². The van der Waals surface area contributed by atoms with Gasteiger partial charge in [0.15, 0.2) is 5.65 Å². The molecule has 0 unspecified atom stereocenters. The second-order valence-electron chi connectivity index (χ2n) is 6.29. The van der Waals surface area contributed by atoms with E-state index in [4.69, 9.17) is 0 Å². The number of fused-ring (bicyclic) bond motifs is 1. The van der Waals surface area contributed by atoms with Gasteiger partial charge >= 0.3 is 6.18 Å². The van der Waals surface area contributed by atoms with Crippen LogP contribution in [0.2, 0.25) is 0 Å². The summed E-state index contributed by atoms with van der Waals surface area (Å²) in [5, 5.41) is 7.98. The van der Waals surface area contributed by atoms with Gasteiger partial charge in [-0.3, -0.25) is 9.20 Å². The van der Waals surface area contributed by atoms with E-state index >= 15 is 0 Å². The highest BCUT2D eigenvalue weighted by Gasteiger charge is 2.32. The van der Waals surface area contributed by atoms with Crippen molar-refractivity contribution in [2.24, 2.45) is 0 Å². The van der Waals surface area contributed by atoms with Crippen LogP contribution in [0.3, 0.4) is 0 Å². The summed E-state index contributed by atoms with van der Waals surface area (Å²) in [7, 11) is 0. The average Bonchev–Trinajstić information content (AvgIpc) is 3.11. The lowest BCUT2D eigenvalue weighted by Gasteiger charge is -2.34. The second kappa shape index (κ2) is 6.57. The highest BCUT2D eigenvalue weighted by molar-refractivity contribution is 5.94. The zero-order chi connectivity index (χ0) is 19.0. The van der Waals surface area contributed by atoms with Gasteiger partial charge in [0.1, 0.15) is 0 Å². The van der Waals surface area contributed by atoms with E-state index < -0.39 is 11.7 Å². The number of carbonyl (C=O) groups is 1. The zero-order valence-electron chi connectivity index (χ0n) is 14.2. The van der Waals surface area contributed by atoms with Crippen LogP contribution >= 0.6 is 0 Å². The maximum Gasteiger partial charge on any atom is 0.417 e. The molecular weight excluding hydrogens is 359 g/mol. The summed E-state index contributed by atoms with van der Waals surface area (Å²) in [5.74, 6) is 0.295. The molecule has 140 valence electrons. The van der Waals surface area contributed by atoms with Gasteiger partial charge in [-0.1, -0.05) is 18.2 Å². The first kappa shape index (κ1) is 17.3. The molecule has 0 spiro atoms. The maximum absolute atomic E-state index is 13.0. The summed E-state index contributed by atoms with van der Waals surface area (Å²) >= 11 is 0. The summed E-state index contributed by atoms with van der Waals surface area (Å²) in [6.07, 6.45) is -3.43. The van der Waals surface area contributed by atoms with E-state index in [2.05, 4.69) is 10.2 Å². The van der Waals surface area contributed by atoms with Gasteiger partial charge in [-0.25, -0.2) is 0 Å². The van der Waals surface area contributed by atoms with Gasteiger partial charge in [-0.2, -0.15) is 13.2 Å². The average molecular weight is 375 g/mol. The van der Waals surface area contributed by atoms with E-state index in [0.29, 0.717) is 43.3 Å². The van der Waals surface area contributed by atoms with Gasteiger partial charge in [0.2, 0.25) is 5.95 Å². The number of halogens is 3. The Morgan fingerprint density at radius 3 is 2.30 bits per heavy atom. The number of piperazine rings is 1. The number of rotatable bonds is 2. The molecule has 1 fully saturated rings. The Morgan fingerprint density at radius 1 is 0.926 bits per heavy atom. The molecule has 3 aromatic rings. The van der Waals surface area contributed by atoms with Crippen molar-refractivity contribution < 1.29 is 18.0 Å². The van der Waals surface area contributed by atoms with Crippen molar-refractivity contribution in [1.29, 1.82) is 0 Å². The summed E-state index contributed by atoms with van der Waals surface area (Å²) in [6.45, 7) is 1.86. The molecule has 1 aromatic carbocycles. The molecule has 0 radical (unpaired) electrons. The fraction of sp³-hybridized carbons (Fsp3) is 0.278. The smallest absolute Gasteiger partial charge is 0.337 e. The van der Waals surface area contributed by atoms with Crippen molar-refractivity contribution in [3.63, 3.8) is 0 Å². The molecule has 9 heteroatoms. The molecule has 1 aliphatic heterocycles. The first-order valence-corrected chi connectivity index (χ1v) is 8.45. The van der Waals surface area contributed by atoms with E-state index in [-0.39, 0.29) is 5.91 Å². The lowest BCUT2D eigenvalue weighted by atomic mass is 10.2. The Balaban J connectivity index is 1.52. The highest BCUT2D eigenvalue weighted by atomic mass is 19.4. The molecule has 6 nitrogen and oxygen atoms in total. The number of alkyl halides is 3. The van der Waals surface area contributed by atoms with Crippen molar-refractivity contribution in [3.05, 3.63) is 59.8 Å². The number of pyridine rings is 1. The molecule has 0 saturated carbocycles. The van der Waals surface area contributed by atoms with Gasteiger partial charge in [0.05, 0.1) is 5.56 Å². The first-order chi connectivity index (χ1) is 12.9. The first-order valence-electron chi connectivity index (χ1n) is 8.45. The summed E-state index contributed by atoms with van der Waals surface area (Å²) in [4.78, 5) is 16.1. The fourth-order valence-corrected chi connectivity index (χ4v) is 3.13. The van der Waals surface area contributed by atoms with Crippen LogP contribution in [0.1, 0.15) is 15.9 Å². The van der Waals surface area contributed by atoms with Crippen LogP contribution < -0.4 is 4.90 Å². The van der Waals surface area contributed by atoms with Crippen LogP contribution in [0.25, 0.3) is 5.65 Å². The molecule has 0 bridgehead atoms. The SMILES string of the molecule is O=C(c1ccccc1)N1CCN(c2nnc3ccc(C(F)(F)F)cn23)CC1. The normalized spacial score (nSPS) is 15.4. The Bertz CT molecular complexity index is 962. The van der Waals surface area contributed by atoms with Crippen molar-refractivity contribution in [3.8, 4) is 0 Å². The van der Waals surface area contributed by atoms with E-state index in [1.165, 1.54) is 10.5 Å². The van der Waals surface area contributed by atoms with Gasteiger partial charge in [-0.15, -0.1) is 10.2 Å². The molecule has 0 N–H and O–H groups in total. The van der Waals surface area contributed by atoms with E-state index in [1.807, 2.05) is 23.1 Å². The van der Waals surface area contributed by atoms with Crippen LogP contribution in [0.4, 0.5) is 19.1 Å². The minimum absolute atomic E-state index is 0.0549. The number of hydrogen-bond donors (Lipinski definition) is 0. The quantitative estimate of drug-likeness (QED) is 0.691. The predicted molar refractivity (Wildman–Crippen MR) is 92.5 cm³/mol. The third-order valence-electron chi connectivity index (χ3n) is 4.58. The standard InChI is InChI=1S/C18H16F3N5O/c19-18(20,21)14-6-7-15-22-23-17(26(15)12-14)25-10-8-24(9-11-25)16(27)13-4-2-1-3-5-13/h1-7,12H,8-11H2. The summed E-state index contributed by atoms with van der Waals surface area (Å²) < 4.78 is 40.3. The van der Waals surface area contributed by atoms with Crippen LogP contribution in [-0.2, 0) is 6.18 Å². The zero-order valence-corrected chi connectivity index (χ0v) is 14.2. The monoisotopic (exact) mass is 375 g/mol. The number of amides is 1. The fourth-order valence-electron chi connectivity index (χ4n) is 3.13. The van der Waals surface area contributed by atoms with Gasteiger partial charge in [-0.05, 0) is 24.3 Å². The van der Waals surface area contributed by atoms with E-state index in [1.54, 1.807) is 17.0 Å². The van der Waals surface area contributed by atoms with Crippen molar-refractivity contribution >= 4 is 17.5 Å². The number of hydrogen-bond acceptors (Lipinski definition) is 4. The largest absolute Gasteiger partial charge is 0.417 e. The van der Waals surface area contributed by atoms with Crippen LogP contribution in [0.5, 0.6) is 0 Å². The predicted octanol–water partition coefficient (Wildman–Crippen LogP) is 2.71. The summed E-state index contributed by atoms with van der Waals surface area (Å²) in [5.41, 5.74) is 0.212. The molecular formula is C18H16F3N5O. The number of carbonyl (C=O) groups excluding carboxylic acids is 1. The molecule has 0 aliphatic carbocycles. The second-order valence-corrected chi connectivity index (χ2v) is 6.29. The topological polar surface area (TPSA) is 53.7 Å². The van der Waals surface area contributed by atoms with Crippen LogP contribution in [-0.4, -0.2) is 51.6 Å². The Kier molecular flexibility index (Phi) is 4.21. The lowest BCUT2D eigenvalue weighted by molar-refractivity contribution is -0.137. The Labute approximate surface area is 152 Å². The van der Waals surface area contributed by atoms with E-state index in [0.717, 1.165) is 12.3 Å². The van der Waals surface area contributed by atoms with Gasteiger partial charge in [0, 0.05) is 37.9 Å². The minimum Gasteiger partial charge on any atom is -0.337 e. The Morgan fingerprint density at radius 2 is 1.63 bits per heavy atom. The summed E-state index contributed by atoms with van der Waals surface area (Å²) in [6, 6.07) is 11.3. The van der Waals surface area contributed by atoms with Crippen molar-refractivity contribution in [1.82, 2.24) is 19.5 Å². The third kappa shape index (κ3) is 3.32. The maximum atomic E-state index is 13.0. The molecule has 4 rings (SSSR count). The van der Waals surface area contributed by atoms with Gasteiger partial charge in [0.25, 0.3) is 5.91 Å². The van der Waals surface area contributed by atoms with Crippen LogP contribution in [0.15, 0.2) is 48.7 Å². The molecule has 1 aliphatic rings. The minimum atomic E-state index is -4.43. The Hall–Kier alpha value is -3.10. The molecule has 1 amide bonds. The van der Waals surface area contributed by atoms with Crippen molar-refractivity contribution in [2.75, 3.05) is 31.1 Å². The number of nitrogens with zero attached hydrogens (tertiary/aromatic N) is 5. The highest BCUT2D eigenvalue weighted by Crippen LogP contribution is 2.30. The van der Waals surface area contributed by atoms with Crippen molar-refractivity contribution in [2.45, 2.75) is 6.18 Å². The number of benzene rings is 1. The third-order valence-corrected chi connectivity index (χ3v) is 4.58. The lowest BCUT2D eigenvalue weighted by Crippen LogP contribution is -2.49. The number of aromatic nitrogens is 3. The molecule has 3 heterocycles.